The van der Waals surface area contributed by atoms with Crippen molar-refractivity contribution in [3.8, 4) is 0 Å². The molecule has 0 fully saturated rings. The van der Waals surface area contributed by atoms with Crippen molar-refractivity contribution < 1.29 is 5.48 Å². The molecule has 2 heteroatoms. The summed E-state index contributed by atoms with van der Waals surface area (Å²) in [6, 6.07) is 25.0. The Morgan fingerprint density at radius 3 is 0.857 bits per heavy atom. The molecule has 0 heterocycles. The minimum Gasteiger partial charge on any atom is -0.870 e. The monoisotopic (exact) mass is 286 g/mol. The maximum Gasteiger partial charge on any atom is 1.00 e. The molecule has 14 heavy (non-hydrogen) atoms. The van der Waals surface area contributed by atoms with Crippen LogP contribution in [0.2, 0.25) is 0 Å². The Hall–Kier alpha value is -0.730. The minimum absolute atomic E-state index is 0. The van der Waals surface area contributed by atoms with Gasteiger partial charge in [-0.2, -0.15) is 0 Å². The Morgan fingerprint density at radius 1 is 0.500 bits per heavy atom. The standard InChI is InChI=1S/2C6H5.In.H2O/c2*1-2-4-6-5-3-1;;/h2*1-5H;;1H2/q;;+1;/p-1. The van der Waals surface area contributed by atoms with E-state index in [2.05, 4.69) is 12.1 Å². The Bertz CT molecular complexity index is 186. The zero-order valence-electron chi connectivity index (χ0n) is 7.80. The zero-order chi connectivity index (χ0) is 8.49. The van der Waals surface area contributed by atoms with Gasteiger partial charge in [0.1, 0.15) is 0 Å². The van der Waals surface area contributed by atoms with Gasteiger partial charge in [-0.15, -0.1) is 0 Å². The van der Waals surface area contributed by atoms with Gasteiger partial charge < -0.3 is 5.48 Å². The molecule has 0 saturated carbocycles. The van der Waals surface area contributed by atoms with Crippen molar-refractivity contribution in [1.82, 2.24) is 0 Å². The van der Waals surface area contributed by atoms with Crippen LogP contribution in [0.3, 0.4) is 0 Å². The first-order chi connectivity index (χ1) is 6.00. The molecule has 0 aliphatic heterocycles. The third-order valence-electron chi connectivity index (χ3n) is 1.21. The van der Waals surface area contributed by atoms with Crippen LogP contribution >= 0.6 is 0 Å². The van der Waals surface area contributed by atoms with E-state index in [9.17, 15) is 0 Å². The molecule has 2 aromatic rings. The van der Waals surface area contributed by atoms with Crippen LogP contribution in [0.5, 0.6) is 0 Å². The zero-order valence-corrected chi connectivity index (χ0v) is 11.1. The fourth-order valence-electron chi connectivity index (χ4n) is 0.684. The van der Waals surface area contributed by atoms with Crippen LogP contribution in [0.1, 0.15) is 0 Å². The van der Waals surface area contributed by atoms with Crippen molar-refractivity contribution in [2.45, 2.75) is 0 Å². The van der Waals surface area contributed by atoms with Gasteiger partial charge in [0.15, 0.2) is 0 Å². The Kier molecular flexibility index (Phi) is 13.8. The van der Waals surface area contributed by atoms with E-state index in [1.165, 1.54) is 0 Å². The second kappa shape index (κ2) is 12.3. The van der Waals surface area contributed by atoms with Crippen LogP contribution in [0.4, 0.5) is 0 Å². The predicted octanol–water partition coefficient (Wildman–Crippen LogP) is 2.42. The third-order valence-corrected chi connectivity index (χ3v) is 1.21. The van der Waals surface area contributed by atoms with Crippen LogP contribution in [0.15, 0.2) is 60.7 Å². The summed E-state index contributed by atoms with van der Waals surface area (Å²) in [4.78, 5) is 0. The summed E-state index contributed by atoms with van der Waals surface area (Å²) in [6.45, 7) is 0. The van der Waals surface area contributed by atoms with Gasteiger partial charge in [0.05, 0.1) is 0 Å². The second-order valence-electron chi connectivity index (χ2n) is 2.15. The van der Waals surface area contributed by atoms with Crippen LogP contribution in [0.25, 0.3) is 0 Å². The van der Waals surface area contributed by atoms with Crippen LogP contribution in [-0.2, 0) is 0 Å². The van der Waals surface area contributed by atoms with Crippen molar-refractivity contribution in [3.05, 3.63) is 72.8 Å². The van der Waals surface area contributed by atoms with Crippen molar-refractivity contribution in [1.29, 1.82) is 0 Å². The molecule has 0 atom stereocenters. The molecule has 0 bridgehead atoms. The molecule has 0 spiro atoms. The van der Waals surface area contributed by atoms with Gasteiger partial charge in [-0.3, -0.25) is 0 Å². The SMILES string of the molecule is [In+].[OH-].[c]1ccccc1.[c]1ccccc1. The van der Waals surface area contributed by atoms with Gasteiger partial charge in [-0.25, -0.2) is 0 Å². The average molecular weight is 286 g/mol. The van der Waals surface area contributed by atoms with E-state index >= 15 is 0 Å². The number of benzene rings is 2. The Morgan fingerprint density at radius 2 is 0.786 bits per heavy atom. The van der Waals surface area contributed by atoms with E-state index in [0.717, 1.165) is 0 Å². The smallest absolute Gasteiger partial charge is 0.870 e. The first-order valence-electron chi connectivity index (χ1n) is 3.82. The van der Waals surface area contributed by atoms with E-state index < -0.39 is 0 Å². The summed E-state index contributed by atoms with van der Waals surface area (Å²) < 4.78 is 0. The summed E-state index contributed by atoms with van der Waals surface area (Å²) in [7, 11) is 0. The van der Waals surface area contributed by atoms with Gasteiger partial charge in [0.2, 0.25) is 0 Å². The maximum atomic E-state index is 2.89. The number of rotatable bonds is 0. The Labute approximate surface area is 104 Å². The average Bonchev–Trinajstić information content (AvgIpc) is 2.24. The normalized spacial score (nSPS) is 6.86. The quantitative estimate of drug-likeness (QED) is 0.731. The first kappa shape index (κ1) is 15.7. The molecule has 0 aliphatic rings. The number of hydrogen-bond acceptors (Lipinski definition) is 1. The van der Waals surface area contributed by atoms with E-state index in [-0.39, 0.29) is 31.3 Å². The molecule has 0 aromatic heterocycles. The van der Waals surface area contributed by atoms with E-state index in [1.54, 1.807) is 0 Å². The minimum atomic E-state index is 0. The van der Waals surface area contributed by atoms with Crippen molar-refractivity contribution in [3.63, 3.8) is 0 Å². The molecule has 0 amide bonds. The fraction of sp³-hybridized carbons (Fsp3) is 0. The van der Waals surface area contributed by atoms with Gasteiger partial charge in [-0.05, 0) is 12.1 Å². The maximum absolute atomic E-state index is 2.89. The van der Waals surface area contributed by atoms with E-state index in [1.807, 2.05) is 60.7 Å². The van der Waals surface area contributed by atoms with Gasteiger partial charge >= 0.3 is 25.8 Å². The Balaban J connectivity index is 0. The van der Waals surface area contributed by atoms with Gasteiger partial charge in [-0.1, -0.05) is 60.7 Å². The molecule has 2 aromatic carbocycles. The molecule has 68 valence electrons. The van der Waals surface area contributed by atoms with Crippen LogP contribution < -0.4 is 0 Å². The molecule has 1 nitrogen and oxygen atoms in total. The van der Waals surface area contributed by atoms with E-state index in [0.29, 0.717) is 0 Å². The molecular weight excluding hydrogens is 275 g/mol. The predicted molar refractivity (Wildman–Crippen MR) is 58.2 cm³/mol. The molecular formula is C12H11InO. The molecule has 1 N–H and O–H groups in total. The van der Waals surface area contributed by atoms with Crippen molar-refractivity contribution in [2.75, 3.05) is 0 Å². The number of hydrogen-bond donors (Lipinski definition) is 0. The molecule has 0 aliphatic carbocycles. The largest absolute Gasteiger partial charge is 1.00 e. The van der Waals surface area contributed by atoms with Gasteiger partial charge in [0, 0.05) is 0 Å². The second-order valence-corrected chi connectivity index (χ2v) is 2.15. The van der Waals surface area contributed by atoms with Crippen molar-refractivity contribution >= 4 is 25.8 Å². The van der Waals surface area contributed by atoms with E-state index in [4.69, 9.17) is 0 Å². The summed E-state index contributed by atoms with van der Waals surface area (Å²) in [5, 5.41) is 0. The summed E-state index contributed by atoms with van der Waals surface area (Å²) in [6.07, 6.45) is 0. The topological polar surface area (TPSA) is 30.0 Å². The van der Waals surface area contributed by atoms with Crippen LogP contribution in [0, 0.1) is 12.1 Å². The summed E-state index contributed by atoms with van der Waals surface area (Å²) >= 11 is 0. The van der Waals surface area contributed by atoms with Crippen LogP contribution in [-0.4, -0.2) is 31.3 Å². The third kappa shape index (κ3) is 9.36. The molecule has 2 rings (SSSR count). The van der Waals surface area contributed by atoms with Crippen molar-refractivity contribution in [2.24, 2.45) is 0 Å². The molecule has 4 radical (unpaired) electrons. The first-order valence-corrected chi connectivity index (χ1v) is 3.82. The molecule has 0 saturated heterocycles. The molecule has 0 unspecified atom stereocenters. The summed E-state index contributed by atoms with van der Waals surface area (Å²) in [5.74, 6) is 0. The van der Waals surface area contributed by atoms with Gasteiger partial charge in [0.25, 0.3) is 0 Å². The summed E-state index contributed by atoms with van der Waals surface area (Å²) in [5.41, 5.74) is 0. The fourth-order valence-corrected chi connectivity index (χ4v) is 0.684.